The van der Waals surface area contributed by atoms with Gasteiger partial charge in [0.05, 0.1) is 18.2 Å². The van der Waals surface area contributed by atoms with Crippen molar-refractivity contribution in [2.45, 2.75) is 25.8 Å². The average Bonchev–Trinajstić information content (AvgIpc) is 2.55. The van der Waals surface area contributed by atoms with E-state index in [0.717, 1.165) is 17.7 Å². The molecule has 0 radical (unpaired) electrons. The molecule has 0 saturated carbocycles. The summed E-state index contributed by atoms with van der Waals surface area (Å²) in [5.41, 5.74) is 1.84. The van der Waals surface area contributed by atoms with Crippen molar-refractivity contribution in [2.24, 2.45) is 0 Å². The van der Waals surface area contributed by atoms with E-state index in [2.05, 4.69) is 15.3 Å². The fourth-order valence-electron chi connectivity index (χ4n) is 2.26. The van der Waals surface area contributed by atoms with Crippen molar-refractivity contribution in [3.63, 3.8) is 0 Å². The summed E-state index contributed by atoms with van der Waals surface area (Å²) in [6.07, 6.45) is 2.47. The lowest BCUT2D eigenvalue weighted by molar-refractivity contribution is -0.122. The Hall–Kier alpha value is -2.43. The molecule has 0 saturated heterocycles. The third-order valence-corrected chi connectivity index (χ3v) is 3.47. The van der Waals surface area contributed by atoms with Gasteiger partial charge >= 0.3 is 0 Å². The van der Waals surface area contributed by atoms with E-state index in [1.165, 1.54) is 0 Å². The molecule has 1 N–H and O–H groups in total. The maximum absolute atomic E-state index is 12.4. The summed E-state index contributed by atoms with van der Waals surface area (Å²) in [6, 6.07) is 11.7. The fourth-order valence-corrected chi connectivity index (χ4v) is 2.26. The molecule has 5 heteroatoms. The lowest BCUT2D eigenvalue weighted by Crippen LogP contribution is -2.29. The average molecular weight is 298 g/mol. The van der Waals surface area contributed by atoms with Crippen molar-refractivity contribution in [2.75, 3.05) is 19.0 Å². The van der Waals surface area contributed by atoms with Crippen LogP contribution in [-0.2, 0) is 11.3 Å². The monoisotopic (exact) mass is 298 g/mol. The van der Waals surface area contributed by atoms with Crippen LogP contribution in [-0.4, -0.2) is 30.0 Å². The molecule has 22 heavy (non-hydrogen) atoms. The van der Waals surface area contributed by atoms with Gasteiger partial charge in [0, 0.05) is 20.3 Å². The van der Waals surface area contributed by atoms with Gasteiger partial charge in [-0.15, -0.1) is 0 Å². The molecule has 5 nitrogen and oxygen atoms in total. The number of hydrogen-bond acceptors (Lipinski definition) is 4. The smallest absolute Gasteiger partial charge is 0.227 e. The number of hydrogen-bond donors (Lipinski definition) is 1. The summed E-state index contributed by atoms with van der Waals surface area (Å²) in [5.74, 6) is 0.539. The minimum Gasteiger partial charge on any atom is -0.350 e. The van der Waals surface area contributed by atoms with Gasteiger partial charge in [-0.25, -0.2) is 9.97 Å². The van der Waals surface area contributed by atoms with E-state index < -0.39 is 0 Å². The highest BCUT2D eigenvalue weighted by atomic mass is 16.1. The van der Waals surface area contributed by atoms with Gasteiger partial charge in [-0.05, 0) is 18.1 Å². The molecule has 0 aliphatic rings. The molecule has 1 atom stereocenters. The number of nitrogens with one attached hydrogen (secondary N) is 1. The Balaban J connectivity index is 2.01. The van der Waals surface area contributed by atoms with Crippen molar-refractivity contribution in [3.05, 3.63) is 53.9 Å². The van der Waals surface area contributed by atoms with Gasteiger partial charge in [-0.2, -0.15) is 0 Å². The van der Waals surface area contributed by atoms with Gasteiger partial charge in [0.25, 0.3) is 0 Å². The van der Waals surface area contributed by atoms with E-state index in [1.807, 2.05) is 62.3 Å². The van der Waals surface area contributed by atoms with Gasteiger partial charge < -0.3 is 10.2 Å². The minimum absolute atomic E-state index is 0.0266. The van der Waals surface area contributed by atoms with Crippen LogP contribution in [0.25, 0.3) is 0 Å². The molecule has 1 aromatic carbocycles. The zero-order valence-electron chi connectivity index (χ0n) is 13.3. The molecule has 1 amide bonds. The summed E-state index contributed by atoms with van der Waals surface area (Å²) >= 11 is 0. The molecular weight excluding hydrogens is 276 g/mol. The summed E-state index contributed by atoms with van der Waals surface area (Å²) in [7, 11) is 3.78. The van der Waals surface area contributed by atoms with Crippen molar-refractivity contribution in [1.29, 1.82) is 0 Å². The van der Waals surface area contributed by atoms with Crippen LogP contribution in [0.3, 0.4) is 0 Å². The first-order valence-corrected chi connectivity index (χ1v) is 7.43. The highest BCUT2D eigenvalue weighted by molar-refractivity contribution is 5.83. The zero-order chi connectivity index (χ0) is 15.9. The lowest BCUT2D eigenvalue weighted by atomic mass is 9.96. The maximum atomic E-state index is 12.4. The Morgan fingerprint density at radius 2 is 1.95 bits per heavy atom. The highest BCUT2D eigenvalue weighted by Crippen LogP contribution is 2.19. The zero-order valence-corrected chi connectivity index (χ0v) is 13.3. The largest absolute Gasteiger partial charge is 0.350 e. The SMILES string of the molecule is CCC(C(=O)NCc1ccnc(N(C)C)n1)c1ccccc1. The number of benzene rings is 1. The summed E-state index contributed by atoms with van der Waals surface area (Å²) in [5, 5.41) is 2.97. The number of rotatable bonds is 6. The molecule has 0 spiro atoms. The lowest BCUT2D eigenvalue weighted by Gasteiger charge is -2.16. The van der Waals surface area contributed by atoms with Crippen LogP contribution >= 0.6 is 0 Å². The van der Waals surface area contributed by atoms with Crippen LogP contribution in [0.5, 0.6) is 0 Å². The maximum Gasteiger partial charge on any atom is 0.227 e. The Morgan fingerprint density at radius 1 is 1.23 bits per heavy atom. The van der Waals surface area contributed by atoms with Gasteiger partial charge in [0.15, 0.2) is 0 Å². The molecule has 1 aromatic heterocycles. The first-order valence-electron chi connectivity index (χ1n) is 7.43. The van der Waals surface area contributed by atoms with E-state index >= 15 is 0 Å². The second-order valence-electron chi connectivity index (χ2n) is 5.33. The minimum atomic E-state index is -0.128. The normalized spacial score (nSPS) is 11.8. The molecule has 0 fully saturated rings. The molecule has 0 bridgehead atoms. The number of anilines is 1. The third kappa shape index (κ3) is 4.04. The van der Waals surface area contributed by atoms with Crippen LogP contribution in [0.4, 0.5) is 5.95 Å². The molecule has 0 aliphatic carbocycles. The van der Waals surface area contributed by atoms with Gasteiger partial charge in [0.2, 0.25) is 11.9 Å². The molecule has 0 aliphatic heterocycles. The first-order chi connectivity index (χ1) is 10.6. The fraction of sp³-hybridized carbons (Fsp3) is 0.353. The standard InChI is InChI=1S/C17H22N4O/c1-4-15(13-8-6-5-7-9-13)16(22)19-12-14-10-11-18-17(20-14)21(2)3/h5-11,15H,4,12H2,1-3H3,(H,19,22). The summed E-state index contributed by atoms with van der Waals surface area (Å²) < 4.78 is 0. The second-order valence-corrected chi connectivity index (χ2v) is 5.33. The van der Waals surface area contributed by atoms with E-state index in [9.17, 15) is 4.79 Å². The van der Waals surface area contributed by atoms with Gasteiger partial charge in [0.1, 0.15) is 0 Å². The van der Waals surface area contributed by atoms with Gasteiger partial charge in [-0.3, -0.25) is 4.79 Å². The van der Waals surface area contributed by atoms with Crippen molar-refractivity contribution >= 4 is 11.9 Å². The number of nitrogens with zero attached hydrogens (tertiary/aromatic N) is 3. The number of carbonyl (C=O) groups excluding carboxylic acids is 1. The van der Waals surface area contributed by atoms with Crippen LogP contribution in [0.15, 0.2) is 42.6 Å². The highest BCUT2D eigenvalue weighted by Gasteiger charge is 2.18. The van der Waals surface area contributed by atoms with E-state index in [4.69, 9.17) is 0 Å². The van der Waals surface area contributed by atoms with Crippen molar-refractivity contribution in [1.82, 2.24) is 15.3 Å². The Labute approximate surface area is 131 Å². The number of amides is 1. The van der Waals surface area contributed by atoms with Crippen molar-refractivity contribution < 1.29 is 4.79 Å². The second kappa shape index (κ2) is 7.54. The molecule has 2 rings (SSSR count). The van der Waals surface area contributed by atoms with Crippen LogP contribution in [0, 0.1) is 0 Å². The Morgan fingerprint density at radius 3 is 2.59 bits per heavy atom. The topological polar surface area (TPSA) is 58.1 Å². The molecule has 2 aromatic rings. The first kappa shape index (κ1) is 15.9. The predicted molar refractivity (Wildman–Crippen MR) is 87.7 cm³/mol. The number of aromatic nitrogens is 2. The molecule has 1 heterocycles. The van der Waals surface area contributed by atoms with Crippen LogP contribution in [0.1, 0.15) is 30.5 Å². The summed E-state index contributed by atoms with van der Waals surface area (Å²) in [6.45, 7) is 2.43. The third-order valence-electron chi connectivity index (χ3n) is 3.47. The van der Waals surface area contributed by atoms with Gasteiger partial charge in [-0.1, -0.05) is 37.3 Å². The Bertz CT molecular complexity index is 613. The van der Waals surface area contributed by atoms with E-state index in [0.29, 0.717) is 12.5 Å². The molecular formula is C17H22N4O. The quantitative estimate of drug-likeness (QED) is 0.889. The number of carbonyl (C=O) groups is 1. The molecule has 116 valence electrons. The van der Waals surface area contributed by atoms with E-state index in [-0.39, 0.29) is 11.8 Å². The Kier molecular flexibility index (Phi) is 5.47. The molecule has 1 unspecified atom stereocenters. The van der Waals surface area contributed by atoms with E-state index in [1.54, 1.807) is 6.20 Å². The predicted octanol–water partition coefficient (Wildman–Crippen LogP) is 2.35. The van der Waals surface area contributed by atoms with Crippen molar-refractivity contribution in [3.8, 4) is 0 Å². The van der Waals surface area contributed by atoms with Crippen LogP contribution < -0.4 is 10.2 Å². The van der Waals surface area contributed by atoms with Crippen LogP contribution in [0.2, 0.25) is 0 Å². The summed E-state index contributed by atoms with van der Waals surface area (Å²) in [4.78, 5) is 22.8.